The number of likely N-dealkylation sites (tertiary alicyclic amines) is 2. The molecule has 222 valence electrons. The van der Waals surface area contributed by atoms with Crippen LogP contribution in [0.5, 0.6) is 0 Å². The lowest BCUT2D eigenvalue weighted by Crippen LogP contribution is -2.47. The Morgan fingerprint density at radius 1 is 1.05 bits per heavy atom. The zero-order valence-corrected chi connectivity index (χ0v) is 25.5. The van der Waals surface area contributed by atoms with Gasteiger partial charge >= 0.3 is 0 Å². The molecule has 2 N–H and O–H groups in total. The van der Waals surface area contributed by atoms with E-state index in [4.69, 9.17) is 22.4 Å². The van der Waals surface area contributed by atoms with E-state index in [-0.39, 0.29) is 29.1 Å². The van der Waals surface area contributed by atoms with Crippen molar-refractivity contribution in [1.82, 2.24) is 9.80 Å². The Balaban J connectivity index is 1.52. The largest absolute Gasteiger partial charge is 0.313 e. The molecule has 2 aromatic carbocycles. The van der Waals surface area contributed by atoms with Gasteiger partial charge in [-0.1, -0.05) is 42.3 Å². The maximum absolute atomic E-state index is 14.5. The molecule has 2 saturated heterocycles. The van der Waals surface area contributed by atoms with Gasteiger partial charge in [-0.25, -0.2) is 4.39 Å². The van der Waals surface area contributed by atoms with Gasteiger partial charge in [0.2, 0.25) is 0 Å². The standard InChI is InChI=1S/C34H46ClFN4O/c1-25-10-11-27(22-26(25)2)34(14-7-16-37,24-32(38)33(41)23-29-30(35)8-6-9-31(29)36)15-21-39-19-12-28(13-20-39)40-17-4-3-5-18-40/h6,8-11,16,22,28,37-38H,3-5,7,12-15,17-21,23-24H2,1-2H3/t34-/m0/s1. The number of hydrogen-bond acceptors (Lipinski definition) is 5. The van der Waals surface area contributed by atoms with Gasteiger partial charge in [-0.05, 0) is 127 Å². The number of piperidine rings is 2. The fourth-order valence-electron chi connectivity index (χ4n) is 6.68. The molecule has 4 rings (SSSR count). The molecular weight excluding hydrogens is 535 g/mol. The van der Waals surface area contributed by atoms with E-state index >= 15 is 0 Å². The van der Waals surface area contributed by atoms with Crippen LogP contribution >= 0.6 is 11.6 Å². The minimum Gasteiger partial charge on any atom is -0.313 e. The molecule has 41 heavy (non-hydrogen) atoms. The van der Waals surface area contributed by atoms with Gasteiger partial charge in [0.05, 0.1) is 5.71 Å². The first kappa shape index (κ1) is 31.5. The lowest BCUT2D eigenvalue weighted by Gasteiger charge is -2.42. The normalized spacial score (nSPS) is 18.6. The minimum absolute atomic E-state index is 0.00339. The van der Waals surface area contributed by atoms with Crippen molar-refractivity contribution in [1.29, 1.82) is 10.8 Å². The topological polar surface area (TPSA) is 71.2 Å². The molecule has 5 nitrogen and oxygen atoms in total. The summed E-state index contributed by atoms with van der Waals surface area (Å²) in [6.45, 7) is 9.68. The Morgan fingerprint density at radius 2 is 1.78 bits per heavy atom. The number of benzene rings is 2. The third kappa shape index (κ3) is 8.12. The average molecular weight is 581 g/mol. The van der Waals surface area contributed by atoms with Gasteiger partial charge in [0.15, 0.2) is 5.78 Å². The number of Topliss-reactive ketones (excluding diaryl/α,β-unsaturated/α-hetero) is 1. The predicted octanol–water partition coefficient (Wildman–Crippen LogP) is 7.33. The fraction of sp³-hybridized carbons (Fsp3) is 0.559. The Kier molecular flexibility index (Phi) is 11.3. The number of rotatable bonds is 13. The van der Waals surface area contributed by atoms with Crippen molar-refractivity contribution in [3.63, 3.8) is 0 Å². The summed E-state index contributed by atoms with van der Waals surface area (Å²) < 4.78 is 14.5. The van der Waals surface area contributed by atoms with E-state index in [1.807, 2.05) is 0 Å². The lowest BCUT2D eigenvalue weighted by molar-refractivity contribution is -0.112. The molecule has 0 radical (unpaired) electrons. The summed E-state index contributed by atoms with van der Waals surface area (Å²) in [5.74, 6) is -0.918. The average Bonchev–Trinajstić information content (AvgIpc) is 2.98. The van der Waals surface area contributed by atoms with Crippen LogP contribution in [0.25, 0.3) is 0 Å². The van der Waals surface area contributed by atoms with Crippen LogP contribution in [0.2, 0.25) is 5.02 Å². The second-order valence-corrected chi connectivity index (χ2v) is 12.6. The van der Waals surface area contributed by atoms with Crippen LogP contribution in [0.15, 0.2) is 36.4 Å². The molecular formula is C34H46ClFN4O. The summed E-state index contributed by atoms with van der Waals surface area (Å²) in [5, 5.41) is 16.9. The van der Waals surface area contributed by atoms with Gasteiger partial charge < -0.3 is 20.6 Å². The molecule has 2 fully saturated rings. The number of halogens is 2. The molecule has 2 aliphatic rings. The molecule has 0 saturated carbocycles. The summed E-state index contributed by atoms with van der Waals surface area (Å²) in [5.41, 5.74) is 3.18. The number of ketones is 1. The Bertz CT molecular complexity index is 1200. The summed E-state index contributed by atoms with van der Waals surface area (Å²) in [6, 6.07) is 11.6. The smallest absolute Gasteiger partial charge is 0.180 e. The lowest BCUT2D eigenvalue weighted by atomic mass is 9.69. The van der Waals surface area contributed by atoms with Crippen molar-refractivity contribution in [3.05, 3.63) is 69.5 Å². The van der Waals surface area contributed by atoms with Crippen LogP contribution in [0, 0.1) is 30.5 Å². The number of carbonyl (C=O) groups is 1. The first-order valence-corrected chi connectivity index (χ1v) is 15.7. The van der Waals surface area contributed by atoms with Crippen LogP contribution < -0.4 is 0 Å². The van der Waals surface area contributed by atoms with Crippen molar-refractivity contribution >= 4 is 29.3 Å². The maximum atomic E-state index is 14.5. The molecule has 0 aliphatic carbocycles. The summed E-state index contributed by atoms with van der Waals surface area (Å²) >= 11 is 6.21. The zero-order chi connectivity index (χ0) is 29.4. The molecule has 0 bridgehead atoms. The van der Waals surface area contributed by atoms with E-state index in [0.29, 0.717) is 18.9 Å². The van der Waals surface area contributed by atoms with Crippen LogP contribution in [0.4, 0.5) is 4.39 Å². The Hall–Kier alpha value is -2.41. The van der Waals surface area contributed by atoms with Gasteiger partial charge in [0.1, 0.15) is 5.82 Å². The van der Waals surface area contributed by atoms with Crippen molar-refractivity contribution in [3.8, 4) is 0 Å². The van der Waals surface area contributed by atoms with Crippen LogP contribution in [0.3, 0.4) is 0 Å². The first-order valence-electron chi connectivity index (χ1n) is 15.3. The number of carbonyl (C=O) groups excluding carboxylic acids is 1. The predicted molar refractivity (Wildman–Crippen MR) is 168 cm³/mol. The van der Waals surface area contributed by atoms with Gasteiger partial charge in [-0.15, -0.1) is 0 Å². The third-order valence-corrected chi connectivity index (χ3v) is 9.86. The molecule has 2 heterocycles. The van der Waals surface area contributed by atoms with E-state index in [1.165, 1.54) is 74.7 Å². The quantitative estimate of drug-likeness (QED) is 0.244. The molecule has 0 spiro atoms. The van der Waals surface area contributed by atoms with Crippen molar-refractivity contribution in [2.45, 2.75) is 89.5 Å². The summed E-state index contributed by atoms with van der Waals surface area (Å²) in [6.07, 6.45) is 9.90. The second-order valence-electron chi connectivity index (χ2n) is 12.2. The molecule has 0 aromatic heterocycles. The molecule has 1 atom stereocenters. The number of nitrogens with one attached hydrogen (secondary N) is 2. The van der Waals surface area contributed by atoms with E-state index < -0.39 is 17.0 Å². The van der Waals surface area contributed by atoms with Crippen molar-refractivity contribution in [2.24, 2.45) is 0 Å². The monoisotopic (exact) mass is 580 g/mol. The van der Waals surface area contributed by atoms with Crippen molar-refractivity contribution in [2.75, 3.05) is 32.7 Å². The van der Waals surface area contributed by atoms with Gasteiger partial charge in [0.25, 0.3) is 0 Å². The molecule has 2 aliphatic heterocycles. The minimum atomic E-state index is -0.518. The number of aryl methyl sites for hydroxylation is 2. The highest BCUT2D eigenvalue weighted by Gasteiger charge is 2.36. The zero-order valence-electron chi connectivity index (χ0n) is 24.8. The van der Waals surface area contributed by atoms with E-state index in [2.05, 4.69) is 41.8 Å². The van der Waals surface area contributed by atoms with E-state index in [0.717, 1.165) is 31.6 Å². The number of nitrogens with zero attached hydrogens (tertiary/aromatic N) is 2. The highest BCUT2D eigenvalue weighted by atomic mass is 35.5. The van der Waals surface area contributed by atoms with Gasteiger partial charge in [-0.2, -0.15) is 0 Å². The third-order valence-electron chi connectivity index (χ3n) is 9.51. The highest BCUT2D eigenvalue weighted by Crippen LogP contribution is 2.39. The van der Waals surface area contributed by atoms with Gasteiger partial charge in [-0.3, -0.25) is 4.79 Å². The molecule has 0 amide bonds. The molecule has 2 aromatic rings. The SMILES string of the molecule is Cc1ccc([C@@](CCC=N)(CCN2CCC(N3CCCCC3)CC2)CC(=N)C(=O)Cc2c(F)cccc2Cl)cc1C. The summed E-state index contributed by atoms with van der Waals surface area (Å²) in [4.78, 5) is 18.5. The highest BCUT2D eigenvalue weighted by molar-refractivity contribution is 6.40. The van der Waals surface area contributed by atoms with Crippen LogP contribution in [0.1, 0.15) is 80.0 Å². The Morgan fingerprint density at radius 3 is 2.44 bits per heavy atom. The van der Waals surface area contributed by atoms with Crippen LogP contribution in [-0.2, 0) is 16.6 Å². The number of hydrogen-bond donors (Lipinski definition) is 2. The Labute approximate surface area is 250 Å². The van der Waals surface area contributed by atoms with Gasteiger partial charge in [0, 0.05) is 34.9 Å². The van der Waals surface area contributed by atoms with Crippen LogP contribution in [-0.4, -0.2) is 66.3 Å². The fourth-order valence-corrected chi connectivity index (χ4v) is 6.91. The second kappa shape index (κ2) is 14.7. The molecule has 0 unspecified atom stereocenters. The summed E-state index contributed by atoms with van der Waals surface area (Å²) in [7, 11) is 0. The molecule has 7 heteroatoms. The van der Waals surface area contributed by atoms with E-state index in [9.17, 15) is 9.18 Å². The van der Waals surface area contributed by atoms with Crippen molar-refractivity contribution < 1.29 is 9.18 Å². The van der Waals surface area contributed by atoms with E-state index in [1.54, 1.807) is 6.07 Å². The maximum Gasteiger partial charge on any atom is 0.180 e. The first-order chi connectivity index (χ1) is 19.7.